The van der Waals surface area contributed by atoms with Gasteiger partial charge in [0.1, 0.15) is 0 Å². The Labute approximate surface area is 103 Å². The van der Waals surface area contributed by atoms with E-state index in [-0.39, 0.29) is 10.6 Å². The van der Waals surface area contributed by atoms with E-state index >= 15 is 0 Å². The van der Waals surface area contributed by atoms with E-state index < -0.39 is 24.8 Å². The molecule has 0 saturated carbocycles. The van der Waals surface area contributed by atoms with Crippen molar-refractivity contribution in [1.82, 2.24) is 0 Å². The Bertz CT molecular complexity index is 438. The molecular formula is C12H12ClF3O. The molecule has 0 bridgehead atoms. The highest BCUT2D eigenvalue weighted by atomic mass is 35.5. The molecule has 0 radical (unpaired) electrons. The Hall–Kier alpha value is -1.03. The summed E-state index contributed by atoms with van der Waals surface area (Å²) in [6.07, 6.45) is -6.00. The summed E-state index contributed by atoms with van der Waals surface area (Å²) in [7, 11) is 0. The predicted octanol–water partition coefficient (Wildman–Crippen LogP) is 4.48. The summed E-state index contributed by atoms with van der Waals surface area (Å²) in [5, 5.41) is 0.209. The van der Waals surface area contributed by atoms with Gasteiger partial charge in [0.05, 0.1) is 11.4 Å². The fourth-order valence-electron chi connectivity index (χ4n) is 1.38. The molecule has 1 aromatic carbocycles. The van der Waals surface area contributed by atoms with Crippen molar-refractivity contribution in [2.75, 3.05) is 0 Å². The standard InChI is InChI=1S/C12H12ClF3O/c1-7-5-9(10(13)6-8(7)2)11(17)3-4-12(14,15)16/h5-6H,3-4H2,1-2H3. The summed E-state index contributed by atoms with van der Waals surface area (Å²) < 4.78 is 36.0. The molecule has 0 N–H and O–H groups in total. The number of Topliss-reactive ketones (excluding diaryl/α,β-unsaturated/α-hetero) is 1. The number of carbonyl (C=O) groups is 1. The molecule has 94 valence electrons. The molecule has 0 unspecified atom stereocenters. The van der Waals surface area contributed by atoms with Crippen molar-refractivity contribution in [3.63, 3.8) is 0 Å². The van der Waals surface area contributed by atoms with Crippen LogP contribution < -0.4 is 0 Å². The topological polar surface area (TPSA) is 17.1 Å². The predicted molar refractivity (Wildman–Crippen MR) is 60.5 cm³/mol. The summed E-state index contributed by atoms with van der Waals surface area (Å²) in [4.78, 5) is 11.6. The SMILES string of the molecule is Cc1cc(Cl)c(C(=O)CCC(F)(F)F)cc1C. The van der Waals surface area contributed by atoms with Gasteiger partial charge in [0.2, 0.25) is 0 Å². The zero-order valence-electron chi connectivity index (χ0n) is 9.49. The van der Waals surface area contributed by atoms with Crippen LogP contribution in [0, 0.1) is 13.8 Å². The first-order chi connectivity index (χ1) is 7.70. The summed E-state index contributed by atoms with van der Waals surface area (Å²) >= 11 is 5.84. The van der Waals surface area contributed by atoms with E-state index in [1.54, 1.807) is 13.0 Å². The molecule has 1 rings (SSSR count). The van der Waals surface area contributed by atoms with E-state index in [0.29, 0.717) is 0 Å². The second-order valence-electron chi connectivity index (χ2n) is 3.95. The molecule has 0 heterocycles. The first-order valence-electron chi connectivity index (χ1n) is 5.07. The van der Waals surface area contributed by atoms with E-state index in [0.717, 1.165) is 11.1 Å². The third kappa shape index (κ3) is 4.04. The summed E-state index contributed by atoms with van der Waals surface area (Å²) in [6.45, 7) is 3.61. The molecule has 0 aromatic heterocycles. The van der Waals surface area contributed by atoms with Crippen molar-refractivity contribution in [2.45, 2.75) is 32.9 Å². The van der Waals surface area contributed by atoms with E-state index in [1.165, 1.54) is 6.07 Å². The number of halogens is 4. The van der Waals surface area contributed by atoms with Gasteiger partial charge in [-0.2, -0.15) is 13.2 Å². The molecule has 1 aromatic rings. The maximum absolute atomic E-state index is 12.0. The van der Waals surface area contributed by atoms with Crippen LogP contribution in [0.4, 0.5) is 13.2 Å². The quantitative estimate of drug-likeness (QED) is 0.736. The number of rotatable bonds is 3. The Balaban J connectivity index is 2.86. The van der Waals surface area contributed by atoms with Gasteiger partial charge >= 0.3 is 6.18 Å². The Kier molecular flexibility index (Phi) is 4.20. The van der Waals surface area contributed by atoms with Crippen LogP contribution in [0.3, 0.4) is 0 Å². The maximum atomic E-state index is 12.0. The first-order valence-corrected chi connectivity index (χ1v) is 5.45. The molecule has 0 saturated heterocycles. The molecule has 1 nitrogen and oxygen atoms in total. The minimum atomic E-state index is -4.32. The van der Waals surface area contributed by atoms with Crippen molar-refractivity contribution in [1.29, 1.82) is 0 Å². The van der Waals surface area contributed by atoms with Gasteiger partial charge in [-0.05, 0) is 37.1 Å². The lowest BCUT2D eigenvalue weighted by Gasteiger charge is -2.09. The summed E-state index contributed by atoms with van der Waals surface area (Å²) in [5.74, 6) is -0.574. The smallest absolute Gasteiger partial charge is 0.294 e. The Morgan fingerprint density at radius 3 is 2.29 bits per heavy atom. The van der Waals surface area contributed by atoms with Gasteiger partial charge in [0.15, 0.2) is 5.78 Å². The second kappa shape index (κ2) is 5.08. The van der Waals surface area contributed by atoms with Gasteiger partial charge in [-0.25, -0.2) is 0 Å². The van der Waals surface area contributed by atoms with Crippen LogP contribution >= 0.6 is 11.6 Å². The molecule has 17 heavy (non-hydrogen) atoms. The molecule has 5 heteroatoms. The van der Waals surface area contributed by atoms with Gasteiger partial charge in [-0.1, -0.05) is 11.6 Å². The summed E-state index contributed by atoms with van der Waals surface area (Å²) in [5.41, 5.74) is 1.91. The van der Waals surface area contributed by atoms with Crippen molar-refractivity contribution in [2.24, 2.45) is 0 Å². The highest BCUT2D eigenvalue weighted by Crippen LogP contribution is 2.26. The van der Waals surface area contributed by atoms with E-state index in [1.807, 2.05) is 6.92 Å². The minimum absolute atomic E-state index is 0.166. The Morgan fingerprint density at radius 1 is 1.24 bits per heavy atom. The highest BCUT2D eigenvalue weighted by Gasteiger charge is 2.28. The fraction of sp³-hybridized carbons (Fsp3) is 0.417. The minimum Gasteiger partial charge on any atom is -0.294 e. The molecule has 0 aliphatic carbocycles. The van der Waals surface area contributed by atoms with Crippen LogP contribution in [0.25, 0.3) is 0 Å². The number of hydrogen-bond acceptors (Lipinski definition) is 1. The van der Waals surface area contributed by atoms with Crippen LogP contribution in [0.1, 0.15) is 34.3 Å². The normalized spacial score (nSPS) is 11.6. The van der Waals surface area contributed by atoms with Crippen LogP contribution in [-0.4, -0.2) is 12.0 Å². The highest BCUT2D eigenvalue weighted by molar-refractivity contribution is 6.34. The monoisotopic (exact) mass is 264 g/mol. The molecule has 0 aliphatic heterocycles. The van der Waals surface area contributed by atoms with Crippen molar-refractivity contribution in [3.8, 4) is 0 Å². The lowest BCUT2D eigenvalue weighted by molar-refractivity contribution is -0.133. The lowest BCUT2D eigenvalue weighted by Crippen LogP contribution is -2.11. The van der Waals surface area contributed by atoms with Crippen molar-refractivity contribution < 1.29 is 18.0 Å². The number of carbonyl (C=O) groups excluding carboxylic acids is 1. The van der Waals surface area contributed by atoms with Gasteiger partial charge < -0.3 is 0 Å². The van der Waals surface area contributed by atoms with Crippen LogP contribution in [-0.2, 0) is 0 Å². The number of benzene rings is 1. The maximum Gasteiger partial charge on any atom is 0.389 e. The van der Waals surface area contributed by atoms with Gasteiger partial charge in [0, 0.05) is 12.0 Å². The average Bonchev–Trinajstić information content (AvgIpc) is 2.19. The van der Waals surface area contributed by atoms with Crippen LogP contribution in [0.5, 0.6) is 0 Å². The van der Waals surface area contributed by atoms with Gasteiger partial charge in [-0.3, -0.25) is 4.79 Å². The third-order valence-electron chi connectivity index (χ3n) is 2.52. The van der Waals surface area contributed by atoms with Crippen molar-refractivity contribution >= 4 is 17.4 Å². The second-order valence-corrected chi connectivity index (χ2v) is 4.36. The number of hydrogen-bond donors (Lipinski definition) is 0. The third-order valence-corrected chi connectivity index (χ3v) is 2.83. The van der Waals surface area contributed by atoms with Crippen molar-refractivity contribution in [3.05, 3.63) is 33.8 Å². The average molecular weight is 265 g/mol. The van der Waals surface area contributed by atoms with Gasteiger partial charge in [0.25, 0.3) is 0 Å². The number of ketones is 1. The van der Waals surface area contributed by atoms with E-state index in [4.69, 9.17) is 11.6 Å². The fourth-order valence-corrected chi connectivity index (χ4v) is 1.71. The molecule has 0 amide bonds. The van der Waals surface area contributed by atoms with Gasteiger partial charge in [-0.15, -0.1) is 0 Å². The Morgan fingerprint density at radius 2 is 1.76 bits per heavy atom. The summed E-state index contributed by atoms with van der Waals surface area (Å²) in [6, 6.07) is 3.13. The molecule has 0 aliphatic rings. The van der Waals surface area contributed by atoms with Crippen LogP contribution in [0.2, 0.25) is 5.02 Å². The largest absolute Gasteiger partial charge is 0.389 e. The zero-order valence-corrected chi connectivity index (χ0v) is 10.2. The van der Waals surface area contributed by atoms with E-state index in [2.05, 4.69) is 0 Å². The zero-order chi connectivity index (χ0) is 13.2. The molecular weight excluding hydrogens is 253 g/mol. The number of alkyl halides is 3. The van der Waals surface area contributed by atoms with Crippen LogP contribution in [0.15, 0.2) is 12.1 Å². The molecule has 0 spiro atoms. The molecule has 0 atom stereocenters. The first kappa shape index (κ1) is 14.0. The van der Waals surface area contributed by atoms with E-state index in [9.17, 15) is 18.0 Å². The lowest BCUT2D eigenvalue weighted by atomic mass is 10.0. The number of aryl methyl sites for hydroxylation is 2. The molecule has 0 fully saturated rings.